The van der Waals surface area contributed by atoms with Gasteiger partial charge in [0.05, 0.1) is 37.4 Å². The molecule has 0 bridgehead atoms. The molecule has 1 aliphatic heterocycles. The SMILES string of the molecule is ClC(C=NN1CC[NH+](Cc2ccccc2Cl)CC1)=Cc1ccccc1. The fourth-order valence-electron chi connectivity index (χ4n) is 2.90. The lowest BCUT2D eigenvalue weighted by molar-refractivity contribution is -0.918. The number of nitrogens with zero attached hydrogens (tertiary/aromatic N) is 2. The minimum atomic E-state index is 0.636. The number of hydrogen-bond acceptors (Lipinski definition) is 2. The van der Waals surface area contributed by atoms with Gasteiger partial charge in [0.1, 0.15) is 6.54 Å². The molecule has 25 heavy (non-hydrogen) atoms. The third-order valence-electron chi connectivity index (χ3n) is 4.29. The van der Waals surface area contributed by atoms with Crippen molar-refractivity contribution in [3.8, 4) is 0 Å². The van der Waals surface area contributed by atoms with Gasteiger partial charge in [-0.15, -0.1) is 0 Å². The van der Waals surface area contributed by atoms with E-state index in [9.17, 15) is 0 Å². The molecular weight excluding hydrogens is 353 g/mol. The number of benzene rings is 2. The maximum absolute atomic E-state index is 6.26. The lowest BCUT2D eigenvalue weighted by Crippen LogP contribution is -3.13. The van der Waals surface area contributed by atoms with Crippen molar-refractivity contribution in [3.63, 3.8) is 0 Å². The molecule has 5 heteroatoms. The number of allylic oxidation sites excluding steroid dienone is 1. The van der Waals surface area contributed by atoms with Gasteiger partial charge in [-0.3, -0.25) is 5.01 Å². The molecule has 0 aromatic heterocycles. The molecule has 0 atom stereocenters. The zero-order valence-electron chi connectivity index (χ0n) is 14.0. The Morgan fingerprint density at radius 2 is 1.72 bits per heavy atom. The average Bonchev–Trinajstić information content (AvgIpc) is 2.64. The molecule has 0 spiro atoms. The van der Waals surface area contributed by atoms with Gasteiger partial charge in [-0.1, -0.05) is 71.7 Å². The maximum atomic E-state index is 6.26. The molecule has 0 radical (unpaired) electrons. The summed E-state index contributed by atoms with van der Waals surface area (Å²) in [6.07, 6.45) is 3.65. The number of halogens is 2. The molecule has 1 heterocycles. The summed E-state index contributed by atoms with van der Waals surface area (Å²) in [5.41, 5.74) is 2.29. The highest BCUT2D eigenvalue weighted by molar-refractivity contribution is 6.41. The van der Waals surface area contributed by atoms with Crippen molar-refractivity contribution in [2.75, 3.05) is 26.2 Å². The fraction of sp³-hybridized carbons (Fsp3) is 0.250. The first-order valence-corrected chi connectivity index (χ1v) is 9.24. The molecule has 0 aliphatic carbocycles. The molecule has 1 N–H and O–H groups in total. The van der Waals surface area contributed by atoms with Gasteiger partial charge < -0.3 is 4.90 Å². The van der Waals surface area contributed by atoms with Crippen LogP contribution in [0.25, 0.3) is 6.08 Å². The van der Waals surface area contributed by atoms with Gasteiger partial charge >= 0.3 is 0 Å². The molecule has 2 aromatic rings. The van der Waals surface area contributed by atoms with Crippen LogP contribution in [0.1, 0.15) is 11.1 Å². The summed E-state index contributed by atoms with van der Waals surface area (Å²) in [7, 11) is 0. The van der Waals surface area contributed by atoms with E-state index in [-0.39, 0.29) is 0 Å². The van der Waals surface area contributed by atoms with Crippen molar-refractivity contribution >= 4 is 35.5 Å². The average molecular weight is 375 g/mol. The third kappa shape index (κ3) is 5.60. The second-order valence-corrected chi connectivity index (χ2v) is 7.00. The van der Waals surface area contributed by atoms with Crippen LogP contribution in [0.5, 0.6) is 0 Å². The molecule has 0 amide bonds. The van der Waals surface area contributed by atoms with Crippen LogP contribution in [0.3, 0.4) is 0 Å². The van der Waals surface area contributed by atoms with Gasteiger partial charge in [0.15, 0.2) is 0 Å². The zero-order valence-corrected chi connectivity index (χ0v) is 15.5. The Bertz CT molecular complexity index is 736. The number of quaternary nitrogens is 1. The topological polar surface area (TPSA) is 20.0 Å². The minimum Gasteiger partial charge on any atom is -0.328 e. The number of hydrazone groups is 1. The van der Waals surface area contributed by atoms with Crippen LogP contribution in [-0.2, 0) is 6.54 Å². The molecule has 0 saturated carbocycles. The summed E-state index contributed by atoms with van der Waals surface area (Å²) < 4.78 is 0. The number of rotatable bonds is 5. The van der Waals surface area contributed by atoms with Crippen molar-refractivity contribution in [3.05, 3.63) is 75.8 Å². The van der Waals surface area contributed by atoms with Crippen molar-refractivity contribution in [1.82, 2.24) is 5.01 Å². The van der Waals surface area contributed by atoms with E-state index in [0.717, 1.165) is 43.3 Å². The highest BCUT2D eigenvalue weighted by atomic mass is 35.5. The summed E-state index contributed by atoms with van der Waals surface area (Å²) in [5.74, 6) is 0. The van der Waals surface area contributed by atoms with Gasteiger partial charge in [-0.05, 0) is 17.7 Å². The van der Waals surface area contributed by atoms with E-state index >= 15 is 0 Å². The Kier molecular flexibility index (Phi) is 6.51. The molecule has 1 fully saturated rings. The quantitative estimate of drug-likeness (QED) is 0.795. The molecule has 0 unspecified atom stereocenters. The molecule has 2 aromatic carbocycles. The van der Waals surface area contributed by atoms with Crippen molar-refractivity contribution in [2.45, 2.75) is 6.54 Å². The van der Waals surface area contributed by atoms with Crippen LogP contribution in [0.4, 0.5) is 0 Å². The van der Waals surface area contributed by atoms with E-state index in [1.165, 1.54) is 10.5 Å². The van der Waals surface area contributed by atoms with Gasteiger partial charge in [0.2, 0.25) is 0 Å². The summed E-state index contributed by atoms with van der Waals surface area (Å²) in [4.78, 5) is 1.53. The van der Waals surface area contributed by atoms with Crippen LogP contribution in [0.15, 0.2) is 64.7 Å². The smallest absolute Gasteiger partial charge is 0.104 e. The first-order valence-electron chi connectivity index (χ1n) is 8.49. The first-order chi connectivity index (χ1) is 12.2. The fourth-order valence-corrected chi connectivity index (χ4v) is 3.27. The van der Waals surface area contributed by atoms with E-state index in [0.29, 0.717) is 5.03 Å². The van der Waals surface area contributed by atoms with Crippen molar-refractivity contribution < 1.29 is 4.90 Å². The minimum absolute atomic E-state index is 0.636. The molecule has 1 saturated heterocycles. The Hall–Kier alpha value is -1.81. The van der Waals surface area contributed by atoms with Crippen molar-refractivity contribution in [2.24, 2.45) is 5.10 Å². The van der Waals surface area contributed by atoms with E-state index in [4.69, 9.17) is 23.2 Å². The summed E-state index contributed by atoms with van der Waals surface area (Å²) in [5, 5.41) is 8.08. The Morgan fingerprint density at radius 3 is 2.44 bits per heavy atom. The van der Waals surface area contributed by atoms with Crippen LogP contribution in [0, 0.1) is 0 Å². The van der Waals surface area contributed by atoms with Gasteiger partial charge in [0.25, 0.3) is 0 Å². The number of nitrogens with one attached hydrogen (secondary N) is 1. The lowest BCUT2D eigenvalue weighted by Gasteiger charge is -2.30. The van der Waals surface area contributed by atoms with Gasteiger partial charge in [0, 0.05) is 10.6 Å². The number of piperazine rings is 1. The Labute approximate surface area is 159 Å². The molecule has 3 rings (SSSR count). The second kappa shape index (κ2) is 9.04. The van der Waals surface area contributed by atoms with Crippen molar-refractivity contribution in [1.29, 1.82) is 0 Å². The van der Waals surface area contributed by atoms with Crippen LogP contribution in [0.2, 0.25) is 5.02 Å². The summed E-state index contributed by atoms with van der Waals surface area (Å²) in [6, 6.07) is 18.1. The molecule has 1 aliphatic rings. The second-order valence-electron chi connectivity index (χ2n) is 6.16. The number of hydrogen-bond donors (Lipinski definition) is 1. The highest BCUT2D eigenvalue weighted by Gasteiger charge is 2.19. The maximum Gasteiger partial charge on any atom is 0.104 e. The highest BCUT2D eigenvalue weighted by Crippen LogP contribution is 2.13. The van der Waals surface area contributed by atoms with E-state index in [2.05, 4.69) is 16.2 Å². The van der Waals surface area contributed by atoms with Gasteiger partial charge in [-0.25, -0.2) is 0 Å². The molecule has 3 nitrogen and oxygen atoms in total. The standard InChI is InChI=1S/C20H21Cl2N3/c21-19(14-17-6-2-1-3-7-17)15-23-25-12-10-24(11-13-25)16-18-8-4-5-9-20(18)22/h1-9,14-15H,10-13,16H2/p+1. The van der Waals surface area contributed by atoms with E-state index in [1.807, 2.05) is 54.6 Å². The van der Waals surface area contributed by atoms with E-state index < -0.39 is 0 Å². The normalized spacial score (nSPS) is 16.6. The van der Waals surface area contributed by atoms with Crippen LogP contribution in [-0.4, -0.2) is 37.4 Å². The zero-order chi connectivity index (χ0) is 17.5. The van der Waals surface area contributed by atoms with Crippen LogP contribution >= 0.6 is 23.2 Å². The van der Waals surface area contributed by atoms with E-state index in [1.54, 1.807) is 6.21 Å². The summed E-state index contributed by atoms with van der Waals surface area (Å²) in [6.45, 7) is 4.90. The van der Waals surface area contributed by atoms with Crippen LogP contribution < -0.4 is 4.90 Å². The predicted molar refractivity (Wildman–Crippen MR) is 106 cm³/mol. The Morgan fingerprint density at radius 1 is 1.04 bits per heavy atom. The Balaban J connectivity index is 1.49. The largest absolute Gasteiger partial charge is 0.328 e. The molecular formula is C20H22Cl2N3+. The lowest BCUT2D eigenvalue weighted by atomic mass is 10.2. The predicted octanol–water partition coefficient (Wildman–Crippen LogP) is 3.31. The monoisotopic (exact) mass is 374 g/mol. The van der Waals surface area contributed by atoms with Gasteiger partial charge in [-0.2, -0.15) is 5.10 Å². The first kappa shape index (κ1) is 18.0. The third-order valence-corrected chi connectivity index (χ3v) is 4.87. The molecule has 130 valence electrons. The summed E-state index contributed by atoms with van der Waals surface area (Å²) >= 11 is 12.5.